The van der Waals surface area contributed by atoms with Crippen LogP contribution in [0.4, 0.5) is 0 Å². The number of hydrogen-bond acceptors (Lipinski definition) is 4. The van der Waals surface area contributed by atoms with Gasteiger partial charge in [0.25, 0.3) is 0 Å². The van der Waals surface area contributed by atoms with Crippen LogP contribution in [0.15, 0.2) is 18.2 Å². The van der Waals surface area contributed by atoms with Gasteiger partial charge in [0.15, 0.2) is 0 Å². The summed E-state index contributed by atoms with van der Waals surface area (Å²) in [6, 6.07) is 6.55. The maximum Gasteiger partial charge on any atom is 0.122 e. The van der Waals surface area contributed by atoms with Crippen molar-refractivity contribution in [3.63, 3.8) is 0 Å². The fourth-order valence-electron chi connectivity index (χ4n) is 3.52. The minimum Gasteiger partial charge on any atom is -0.493 e. The number of piperidine rings is 1. The van der Waals surface area contributed by atoms with Gasteiger partial charge in [0.1, 0.15) is 5.75 Å². The highest BCUT2D eigenvalue weighted by Gasteiger charge is 2.19. The predicted octanol–water partition coefficient (Wildman–Crippen LogP) is 1.80. The average molecular weight is 304 g/mol. The quantitative estimate of drug-likeness (QED) is 0.841. The fraction of sp³-hybridized carbons (Fsp3) is 0.667. The largest absolute Gasteiger partial charge is 0.493 e. The lowest BCUT2D eigenvalue weighted by Gasteiger charge is -2.32. The molecule has 4 nitrogen and oxygen atoms in total. The summed E-state index contributed by atoms with van der Waals surface area (Å²) in [7, 11) is 0. The second-order valence-corrected chi connectivity index (χ2v) is 6.76. The molecule has 22 heavy (non-hydrogen) atoms. The number of nitrogens with zero attached hydrogens (tertiary/aromatic N) is 1. The van der Waals surface area contributed by atoms with E-state index in [2.05, 4.69) is 28.4 Å². The van der Waals surface area contributed by atoms with Crippen molar-refractivity contribution in [1.82, 2.24) is 10.2 Å². The molecule has 0 radical (unpaired) electrons. The molecule has 0 aliphatic carbocycles. The molecule has 2 aliphatic rings. The van der Waals surface area contributed by atoms with Gasteiger partial charge in [-0.1, -0.05) is 12.1 Å². The summed E-state index contributed by atoms with van der Waals surface area (Å²) in [5.41, 5.74) is 2.71. The van der Waals surface area contributed by atoms with Crippen molar-refractivity contribution < 1.29 is 9.84 Å². The highest BCUT2D eigenvalue weighted by Crippen LogP contribution is 2.25. The van der Waals surface area contributed by atoms with Gasteiger partial charge in [-0.25, -0.2) is 0 Å². The summed E-state index contributed by atoms with van der Waals surface area (Å²) in [6.07, 6.45) is 3.30. The first-order valence-electron chi connectivity index (χ1n) is 8.56. The van der Waals surface area contributed by atoms with E-state index in [0.717, 1.165) is 57.4 Å². The summed E-state index contributed by atoms with van der Waals surface area (Å²) in [6.45, 7) is 7.79. The van der Waals surface area contributed by atoms with E-state index in [-0.39, 0.29) is 6.10 Å². The maximum atomic E-state index is 9.44. The number of benzene rings is 1. The Hall–Kier alpha value is -1.10. The number of hydrogen-bond donors (Lipinski definition) is 2. The molecule has 1 aromatic rings. The number of likely N-dealkylation sites (tertiary alicyclic amines) is 1. The standard InChI is InChI=1S/C18H28N2O2/c1-14(21)13-20-7-4-15(5-8-20)11-19-12-16-2-3-18-17(10-16)6-9-22-18/h2-3,10,14-15,19,21H,4-9,11-13H2,1H3/t14-/m0/s1. The average Bonchev–Trinajstić information content (AvgIpc) is 2.96. The van der Waals surface area contributed by atoms with E-state index in [1.54, 1.807) is 0 Å². The fourth-order valence-corrected chi connectivity index (χ4v) is 3.52. The number of aliphatic hydroxyl groups is 1. The first-order valence-corrected chi connectivity index (χ1v) is 8.56. The molecular formula is C18H28N2O2. The Morgan fingerprint density at radius 2 is 2.18 bits per heavy atom. The zero-order valence-electron chi connectivity index (χ0n) is 13.6. The van der Waals surface area contributed by atoms with Gasteiger partial charge in [0.2, 0.25) is 0 Å². The smallest absolute Gasteiger partial charge is 0.122 e. The van der Waals surface area contributed by atoms with Gasteiger partial charge in [0, 0.05) is 19.5 Å². The van der Waals surface area contributed by atoms with Gasteiger partial charge < -0.3 is 20.1 Å². The van der Waals surface area contributed by atoms with Gasteiger partial charge in [-0.3, -0.25) is 0 Å². The van der Waals surface area contributed by atoms with Crippen LogP contribution in [0.25, 0.3) is 0 Å². The first-order chi connectivity index (χ1) is 10.7. The molecule has 0 amide bonds. The Labute approximate surface area is 133 Å². The number of rotatable bonds is 6. The van der Waals surface area contributed by atoms with Gasteiger partial charge in [0.05, 0.1) is 12.7 Å². The van der Waals surface area contributed by atoms with Crippen molar-refractivity contribution in [3.8, 4) is 5.75 Å². The van der Waals surface area contributed by atoms with Crippen molar-refractivity contribution in [2.24, 2.45) is 5.92 Å². The molecular weight excluding hydrogens is 276 g/mol. The van der Waals surface area contributed by atoms with E-state index in [4.69, 9.17) is 4.74 Å². The van der Waals surface area contributed by atoms with Crippen LogP contribution >= 0.6 is 0 Å². The van der Waals surface area contributed by atoms with Crippen LogP contribution in [0.2, 0.25) is 0 Å². The lowest BCUT2D eigenvalue weighted by Crippen LogP contribution is -2.40. The van der Waals surface area contributed by atoms with E-state index >= 15 is 0 Å². The van der Waals surface area contributed by atoms with Crippen molar-refractivity contribution >= 4 is 0 Å². The van der Waals surface area contributed by atoms with Gasteiger partial charge in [-0.2, -0.15) is 0 Å². The molecule has 0 spiro atoms. The topological polar surface area (TPSA) is 44.7 Å². The summed E-state index contributed by atoms with van der Waals surface area (Å²) < 4.78 is 5.55. The Balaban J connectivity index is 1.37. The monoisotopic (exact) mass is 304 g/mol. The molecule has 122 valence electrons. The molecule has 1 fully saturated rings. The van der Waals surface area contributed by atoms with Crippen LogP contribution in [-0.2, 0) is 13.0 Å². The molecule has 4 heteroatoms. The predicted molar refractivity (Wildman–Crippen MR) is 88.2 cm³/mol. The van der Waals surface area contributed by atoms with Gasteiger partial charge >= 0.3 is 0 Å². The Morgan fingerprint density at radius 3 is 2.95 bits per heavy atom. The second-order valence-electron chi connectivity index (χ2n) is 6.76. The summed E-state index contributed by atoms with van der Waals surface area (Å²) in [4.78, 5) is 2.38. The SMILES string of the molecule is C[C@H](O)CN1CCC(CNCc2ccc3c(c2)CCO3)CC1. The molecule has 1 atom stereocenters. The lowest BCUT2D eigenvalue weighted by molar-refractivity contribution is 0.0998. The van der Waals surface area contributed by atoms with Crippen LogP contribution in [0, 0.1) is 5.92 Å². The third kappa shape index (κ3) is 4.22. The van der Waals surface area contributed by atoms with E-state index in [0.29, 0.717) is 0 Å². The molecule has 2 aliphatic heterocycles. The van der Waals surface area contributed by atoms with Crippen LogP contribution < -0.4 is 10.1 Å². The summed E-state index contributed by atoms with van der Waals surface area (Å²) in [5.74, 6) is 1.83. The van der Waals surface area contributed by atoms with Crippen LogP contribution in [0.5, 0.6) is 5.75 Å². The third-order valence-electron chi connectivity index (χ3n) is 4.75. The van der Waals surface area contributed by atoms with Crippen molar-refractivity contribution in [1.29, 1.82) is 0 Å². The van der Waals surface area contributed by atoms with E-state index in [1.165, 1.54) is 24.0 Å². The molecule has 0 saturated carbocycles. The van der Waals surface area contributed by atoms with Crippen molar-refractivity contribution in [3.05, 3.63) is 29.3 Å². The minimum atomic E-state index is -0.210. The van der Waals surface area contributed by atoms with E-state index in [1.807, 2.05) is 6.92 Å². The van der Waals surface area contributed by atoms with Crippen LogP contribution in [-0.4, -0.2) is 48.9 Å². The molecule has 1 aromatic carbocycles. The normalized spacial score (nSPS) is 20.6. The van der Waals surface area contributed by atoms with Crippen LogP contribution in [0.3, 0.4) is 0 Å². The second kappa shape index (κ2) is 7.44. The zero-order chi connectivity index (χ0) is 15.4. The number of fused-ring (bicyclic) bond motifs is 1. The first kappa shape index (κ1) is 15.8. The molecule has 1 saturated heterocycles. The summed E-state index contributed by atoms with van der Waals surface area (Å²) in [5, 5.41) is 13.1. The number of nitrogens with one attached hydrogen (secondary N) is 1. The molecule has 0 aromatic heterocycles. The molecule has 2 N–H and O–H groups in total. The zero-order valence-corrected chi connectivity index (χ0v) is 13.6. The van der Waals surface area contributed by atoms with Gasteiger partial charge in [-0.05, 0) is 62.5 Å². The Morgan fingerprint density at radius 1 is 1.36 bits per heavy atom. The number of ether oxygens (including phenoxy) is 1. The highest BCUT2D eigenvalue weighted by atomic mass is 16.5. The number of aliphatic hydroxyl groups excluding tert-OH is 1. The molecule has 0 bridgehead atoms. The van der Waals surface area contributed by atoms with Crippen LogP contribution in [0.1, 0.15) is 30.9 Å². The molecule has 0 unspecified atom stereocenters. The Kier molecular flexibility index (Phi) is 5.34. The highest BCUT2D eigenvalue weighted by molar-refractivity contribution is 5.39. The lowest BCUT2D eigenvalue weighted by atomic mass is 9.96. The number of β-amino-alcohol motifs (C(OH)–C–C–N with tert-alkyl or cyclic N) is 1. The molecule has 2 heterocycles. The van der Waals surface area contributed by atoms with Gasteiger partial charge in [-0.15, -0.1) is 0 Å². The Bertz CT molecular complexity index is 482. The maximum absolute atomic E-state index is 9.44. The third-order valence-corrected chi connectivity index (χ3v) is 4.75. The molecule has 3 rings (SSSR count). The minimum absolute atomic E-state index is 0.210. The van der Waals surface area contributed by atoms with Crippen molar-refractivity contribution in [2.45, 2.75) is 38.8 Å². The van der Waals surface area contributed by atoms with E-state index < -0.39 is 0 Å². The summed E-state index contributed by atoms with van der Waals surface area (Å²) >= 11 is 0. The van der Waals surface area contributed by atoms with Crippen molar-refractivity contribution in [2.75, 3.05) is 32.8 Å². The van der Waals surface area contributed by atoms with E-state index in [9.17, 15) is 5.11 Å².